The lowest BCUT2D eigenvalue weighted by Crippen LogP contribution is -1.96. The lowest BCUT2D eigenvalue weighted by Gasteiger charge is -1.94. The Labute approximate surface area is 46.8 Å². The van der Waals surface area contributed by atoms with Crippen LogP contribution in [0.1, 0.15) is 6.92 Å². The zero-order valence-corrected chi connectivity index (χ0v) is 4.75. The van der Waals surface area contributed by atoms with Gasteiger partial charge in [-0.15, -0.1) is 0 Å². The summed E-state index contributed by atoms with van der Waals surface area (Å²) in [4.78, 5) is 8.17. The van der Waals surface area contributed by atoms with Crippen LogP contribution in [0, 0.1) is 0 Å². The van der Waals surface area contributed by atoms with E-state index in [0.717, 1.165) is 0 Å². The first-order valence-electron chi connectivity index (χ1n) is 2.07. The van der Waals surface area contributed by atoms with Gasteiger partial charge in [-0.2, -0.15) is 0 Å². The van der Waals surface area contributed by atoms with E-state index in [1.807, 2.05) is 0 Å². The first-order valence-corrected chi connectivity index (χ1v) is 2.07. The first-order chi connectivity index (χ1) is 3.91. The molecule has 0 N–H and O–H groups in total. The molecule has 0 amide bonds. The molecule has 0 spiro atoms. The van der Waals surface area contributed by atoms with Gasteiger partial charge >= 0.3 is 0 Å². The van der Waals surface area contributed by atoms with Crippen molar-refractivity contribution < 1.29 is 24.9 Å². The van der Waals surface area contributed by atoms with E-state index in [4.69, 9.17) is 0 Å². The van der Waals surface area contributed by atoms with Gasteiger partial charge in [0.15, 0.2) is 0 Å². The summed E-state index contributed by atoms with van der Waals surface area (Å²) in [5.74, 6) is 0. The molecule has 0 fully saturated rings. The molecule has 0 saturated heterocycles. The van der Waals surface area contributed by atoms with Gasteiger partial charge in [0, 0.05) is 0 Å². The molecular weight excluding hydrogens is 116 g/mol. The lowest BCUT2D eigenvalue weighted by atomic mass is 10.9. The summed E-state index contributed by atoms with van der Waals surface area (Å²) >= 11 is 0. The van der Waals surface area contributed by atoms with Crippen LogP contribution in [0.5, 0.6) is 0 Å². The Hall–Kier alpha value is -0.200. The van der Waals surface area contributed by atoms with Crippen LogP contribution in [0.2, 0.25) is 0 Å². The molecule has 0 unspecified atom stereocenters. The molecule has 0 radical (unpaired) electrons. The predicted molar refractivity (Wildman–Crippen MR) is 21.9 cm³/mol. The highest BCUT2D eigenvalue weighted by Crippen LogP contribution is 1.81. The van der Waals surface area contributed by atoms with Crippen LogP contribution in [0.4, 0.5) is 0 Å². The smallest absolute Gasteiger partial charge is 0.0826 e. The number of hydrogen-bond acceptors (Lipinski definition) is 5. The molecule has 0 aliphatic heterocycles. The highest BCUT2D eigenvalue weighted by Gasteiger charge is 1.83. The highest BCUT2D eigenvalue weighted by molar-refractivity contribution is 3.89. The van der Waals surface area contributed by atoms with Gasteiger partial charge in [-0.25, -0.2) is 9.78 Å². The molecule has 0 saturated carbocycles. The van der Waals surface area contributed by atoms with Crippen LogP contribution in [0.3, 0.4) is 0 Å². The fraction of sp³-hybridized carbons (Fsp3) is 1.00. The van der Waals surface area contributed by atoms with Crippen molar-refractivity contribution >= 4 is 0 Å². The van der Waals surface area contributed by atoms with Gasteiger partial charge in [0.25, 0.3) is 0 Å². The van der Waals surface area contributed by atoms with Gasteiger partial charge in [-0.05, 0) is 22.0 Å². The van der Waals surface area contributed by atoms with Crippen molar-refractivity contribution in [3.8, 4) is 0 Å². The van der Waals surface area contributed by atoms with E-state index in [2.05, 4.69) is 24.9 Å². The quantitative estimate of drug-likeness (QED) is 0.301. The molecule has 0 aromatic heterocycles. The van der Waals surface area contributed by atoms with Crippen LogP contribution in [0.25, 0.3) is 0 Å². The molecule has 0 aromatic carbocycles. The summed E-state index contributed by atoms with van der Waals surface area (Å²) in [5, 5.41) is 11.4. The Balaban J connectivity index is 2.53. The monoisotopic (exact) mass is 124 g/mol. The Morgan fingerprint density at radius 2 is 1.88 bits per heavy atom. The third-order valence-electron chi connectivity index (χ3n) is 0.290. The Bertz CT molecular complexity index is 32.7. The standard InChI is InChI=1S/C3H8O5/c1-3-5-7-8-6-4-2/h3H2,1-2H3. The molecule has 8 heavy (non-hydrogen) atoms. The third kappa shape index (κ3) is 5.80. The van der Waals surface area contributed by atoms with Crippen molar-refractivity contribution in [2.45, 2.75) is 6.92 Å². The largest absolute Gasteiger partial charge is 0.207 e. The maximum absolute atomic E-state index is 4.21. The van der Waals surface area contributed by atoms with Crippen molar-refractivity contribution in [2.24, 2.45) is 0 Å². The average Bonchev–Trinajstić information content (AvgIpc) is 1.81. The summed E-state index contributed by atoms with van der Waals surface area (Å²) in [6, 6.07) is 0. The molecule has 0 aromatic rings. The molecule has 0 atom stereocenters. The molecule has 5 nitrogen and oxygen atoms in total. The van der Waals surface area contributed by atoms with Gasteiger partial charge in [-0.1, -0.05) is 0 Å². The highest BCUT2D eigenvalue weighted by atomic mass is 17.8. The molecule has 0 bridgehead atoms. The molecule has 0 rings (SSSR count). The zero-order chi connectivity index (χ0) is 6.24. The van der Waals surface area contributed by atoms with E-state index in [9.17, 15) is 0 Å². The number of hydrogen-bond donors (Lipinski definition) is 0. The van der Waals surface area contributed by atoms with Gasteiger partial charge < -0.3 is 0 Å². The summed E-state index contributed by atoms with van der Waals surface area (Å²) in [6.45, 7) is 2.11. The van der Waals surface area contributed by atoms with Crippen molar-refractivity contribution in [3.05, 3.63) is 0 Å². The predicted octanol–water partition coefficient (Wildman–Crippen LogP) is 0.379. The number of rotatable bonds is 5. The molecule has 0 aliphatic carbocycles. The van der Waals surface area contributed by atoms with E-state index in [1.165, 1.54) is 7.11 Å². The van der Waals surface area contributed by atoms with Crippen LogP contribution >= 0.6 is 0 Å². The Morgan fingerprint density at radius 3 is 2.38 bits per heavy atom. The van der Waals surface area contributed by atoms with Gasteiger partial charge in [0.1, 0.15) is 0 Å². The maximum atomic E-state index is 4.21. The lowest BCUT2D eigenvalue weighted by molar-refractivity contribution is -0.704. The van der Waals surface area contributed by atoms with Crippen LogP contribution in [-0.2, 0) is 24.9 Å². The normalized spacial score (nSPS) is 9.75. The summed E-state index contributed by atoms with van der Waals surface area (Å²) in [7, 11) is 1.27. The van der Waals surface area contributed by atoms with E-state index in [1.54, 1.807) is 6.92 Å². The minimum atomic E-state index is 0.382. The van der Waals surface area contributed by atoms with Crippen molar-refractivity contribution in [2.75, 3.05) is 13.7 Å². The summed E-state index contributed by atoms with van der Waals surface area (Å²) in [5.41, 5.74) is 0. The topological polar surface area (TPSA) is 46.2 Å². The average molecular weight is 124 g/mol. The maximum Gasteiger partial charge on any atom is 0.0826 e. The van der Waals surface area contributed by atoms with E-state index >= 15 is 0 Å². The second-order valence-electron chi connectivity index (χ2n) is 0.777. The van der Waals surface area contributed by atoms with Gasteiger partial charge in [0.2, 0.25) is 0 Å². The first kappa shape index (κ1) is 7.80. The van der Waals surface area contributed by atoms with Gasteiger partial charge in [0.05, 0.1) is 13.7 Å². The van der Waals surface area contributed by atoms with E-state index < -0.39 is 0 Å². The Kier molecular flexibility index (Phi) is 6.63. The fourth-order valence-corrected chi connectivity index (χ4v) is 0.107. The van der Waals surface area contributed by atoms with E-state index in [-0.39, 0.29) is 0 Å². The van der Waals surface area contributed by atoms with Crippen LogP contribution in [-0.4, -0.2) is 13.7 Å². The van der Waals surface area contributed by atoms with Crippen molar-refractivity contribution in [1.82, 2.24) is 0 Å². The molecule has 0 heterocycles. The second kappa shape index (κ2) is 6.80. The van der Waals surface area contributed by atoms with Gasteiger partial charge in [-0.3, -0.25) is 0 Å². The fourth-order valence-electron chi connectivity index (χ4n) is 0.107. The molecule has 50 valence electrons. The molecule has 0 aliphatic rings. The summed E-state index contributed by atoms with van der Waals surface area (Å²) in [6.07, 6.45) is 0. The summed E-state index contributed by atoms with van der Waals surface area (Å²) < 4.78 is 0. The third-order valence-corrected chi connectivity index (χ3v) is 0.290. The van der Waals surface area contributed by atoms with Crippen LogP contribution < -0.4 is 0 Å². The SMILES string of the molecule is CCOOOOOC. The van der Waals surface area contributed by atoms with Crippen molar-refractivity contribution in [3.63, 3.8) is 0 Å². The minimum Gasteiger partial charge on any atom is -0.207 e. The molecular formula is C3H8O5. The van der Waals surface area contributed by atoms with Crippen molar-refractivity contribution in [1.29, 1.82) is 0 Å². The second-order valence-corrected chi connectivity index (χ2v) is 0.777. The Morgan fingerprint density at radius 1 is 1.12 bits per heavy atom. The zero-order valence-electron chi connectivity index (χ0n) is 4.75. The minimum absolute atomic E-state index is 0.382. The van der Waals surface area contributed by atoms with E-state index in [0.29, 0.717) is 6.61 Å². The molecule has 5 heteroatoms. The van der Waals surface area contributed by atoms with Crippen LogP contribution in [0.15, 0.2) is 0 Å².